The number of benzene rings is 1. The number of rotatable bonds is 0. The summed E-state index contributed by atoms with van der Waals surface area (Å²) in [6, 6.07) is 5.32. The SMILES string of the molecule is O=c1[nH]c2ccc(C#CCO)cc2[nH]1. The van der Waals surface area contributed by atoms with Gasteiger partial charge in [0.25, 0.3) is 0 Å². The quantitative estimate of drug-likeness (QED) is 0.517. The molecule has 0 aliphatic heterocycles. The van der Waals surface area contributed by atoms with Crippen LogP contribution in [-0.4, -0.2) is 21.7 Å². The van der Waals surface area contributed by atoms with Crippen LogP contribution in [0, 0.1) is 11.8 Å². The molecule has 4 heteroatoms. The first kappa shape index (κ1) is 8.60. The summed E-state index contributed by atoms with van der Waals surface area (Å²) in [6.07, 6.45) is 0. The molecule has 0 unspecified atom stereocenters. The molecule has 2 aromatic rings. The minimum atomic E-state index is -0.229. The molecule has 70 valence electrons. The topological polar surface area (TPSA) is 68.9 Å². The Bertz CT molecular complexity index is 569. The lowest BCUT2D eigenvalue weighted by Crippen LogP contribution is -1.99. The Labute approximate surface area is 79.6 Å². The Morgan fingerprint density at radius 2 is 2.07 bits per heavy atom. The van der Waals surface area contributed by atoms with Crippen molar-refractivity contribution in [2.24, 2.45) is 0 Å². The molecule has 0 radical (unpaired) electrons. The highest BCUT2D eigenvalue weighted by Crippen LogP contribution is 2.08. The zero-order valence-electron chi connectivity index (χ0n) is 7.29. The minimum absolute atomic E-state index is 0.165. The van der Waals surface area contributed by atoms with Gasteiger partial charge in [0.15, 0.2) is 0 Å². The highest BCUT2D eigenvalue weighted by Gasteiger charge is 1.97. The summed E-state index contributed by atoms with van der Waals surface area (Å²) in [5.74, 6) is 5.30. The van der Waals surface area contributed by atoms with Gasteiger partial charge < -0.3 is 15.1 Å². The van der Waals surface area contributed by atoms with Crippen LogP contribution < -0.4 is 5.69 Å². The van der Waals surface area contributed by atoms with Gasteiger partial charge in [0.2, 0.25) is 0 Å². The number of hydrogen-bond acceptors (Lipinski definition) is 2. The Kier molecular flexibility index (Phi) is 2.09. The summed E-state index contributed by atoms with van der Waals surface area (Å²) in [7, 11) is 0. The van der Waals surface area contributed by atoms with Crippen LogP contribution in [0.15, 0.2) is 23.0 Å². The van der Waals surface area contributed by atoms with Crippen molar-refractivity contribution in [3.05, 3.63) is 34.2 Å². The molecule has 1 aromatic heterocycles. The maximum Gasteiger partial charge on any atom is 0.323 e. The van der Waals surface area contributed by atoms with Gasteiger partial charge in [-0.15, -0.1) is 0 Å². The molecule has 0 aliphatic rings. The van der Waals surface area contributed by atoms with E-state index in [4.69, 9.17) is 5.11 Å². The molecule has 0 amide bonds. The third-order valence-corrected chi connectivity index (χ3v) is 1.83. The van der Waals surface area contributed by atoms with Gasteiger partial charge in [-0.3, -0.25) is 0 Å². The predicted octanol–water partition coefficient (Wildman–Crippen LogP) is 0.200. The number of aromatic amines is 2. The van der Waals surface area contributed by atoms with Gasteiger partial charge in [-0.2, -0.15) is 0 Å². The largest absolute Gasteiger partial charge is 0.384 e. The monoisotopic (exact) mass is 188 g/mol. The normalized spacial score (nSPS) is 9.79. The van der Waals surface area contributed by atoms with E-state index in [1.54, 1.807) is 18.2 Å². The fourth-order valence-corrected chi connectivity index (χ4v) is 1.25. The lowest BCUT2D eigenvalue weighted by molar-refractivity contribution is 0.350. The zero-order valence-corrected chi connectivity index (χ0v) is 7.29. The van der Waals surface area contributed by atoms with Crippen LogP contribution in [0.4, 0.5) is 0 Å². The van der Waals surface area contributed by atoms with Crippen LogP contribution in [0.5, 0.6) is 0 Å². The van der Waals surface area contributed by atoms with Crippen LogP contribution >= 0.6 is 0 Å². The molecule has 0 bridgehead atoms. The number of aliphatic hydroxyl groups is 1. The van der Waals surface area contributed by atoms with E-state index in [0.29, 0.717) is 0 Å². The molecule has 0 saturated carbocycles. The standard InChI is InChI=1S/C10H8N2O2/c13-5-1-2-7-3-4-8-9(6-7)12-10(14)11-8/h3-4,6,13H,5H2,(H2,11,12,14). The molecular formula is C10H8N2O2. The second kappa shape index (κ2) is 3.40. The second-order valence-electron chi connectivity index (χ2n) is 2.80. The molecule has 0 saturated heterocycles. The number of aromatic nitrogens is 2. The van der Waals surface area contributed by atoms with Gasteiger partial charge in [0.05, 0.1) is 11.0 Å². The van der Waals surface area contributed by atoms with E-state index < -0.39 is 0 Å². The van der Waals surface area contributed by atoms with Gasteiger partial charge in [-0.25, -0.2) is 4.79 Å². The molecule has 4 nitrogen and oxygen atoms in total. The van der Waals surface area contributed by atoms with Crippen molar-refractivity contribution in [1.82, 2.24) is 9.97 Å². The van der Waals surface area contributed by atoms with Crippen molar-refractivity contribution in [2.75, 3.05) is 6.61 Å². The molecule has 3 N–H and O–H groups in total. The van der Waals surface area contributed by atoms with E-state index >= 15 is 0 Å². The zero-order chi connectivity index (χ0) is 9.97. The van der Waals surface area contributed by atoms with Crippen molar-refractivity contribution in [3.63, 3.8) is 0 Å². The fourth-order valence-electron chi connectivity index (χ4n) is 1.25. The fraction of sp³-hybridized carbons (Fsp3) is 0.100. The van der Waals surface area contributed by atoms with Crippen molar-refractivity contribution >= 4 is 11.0 Å². The Balaban J connectivity index is 2.55. The molecule has 14 heavy (non-hydrogen) atoms. The van der Waals surface area contributed by atoms with E-state index in [1.165, 1.54) is 0 Å². The highest BCUT2D eigenvalue weighted by atomic mass is 16.2. The summed E-state index contributed by atoms with van der Waals surface area (Å²) in [4.78, 5) is 16.2. The van der Waals surface area contributed by atoms with Crippen LogP contribution in [0.1, 0.15) is 5.56 Å². The van der Waals surface area contributed by atoms with Crippen molar-refractivity contribution < 1.29 is 5.11 Å². The molecule has 0 atom stereocenters. The van der Waals surface area contributed by atoms with Crippen molar-refractivity contribution in [1.29, 1.82) is 0 Å². The van der Waals surface area contributed by atoms with Crippen LogP contribution in [-0.2, 0) is 0 Å². The highest BCUT2D eigenvalue weighted by molar-refractivity contribution is 5.76. The average Bonchev–Trinajstić information content (AvgIpc) is 2.54. The maximum atomic E-state index is 10.9. The van der Waals surface area contributed by atoms with Gasteiger partial charge >= 0.3 is 5.69 Å². The number of H-pyrrole nitrogens is 2. The van der Waals surface area contributed by atoms with E-state index in [1.807, 2.05) is 0 Å². The molecule has 2 rings (SSSR count). The van der Waals surface area contributed by atoms with Crippen LogP contribution in [0.2, 0.25) is 0 Å². The first-order chi connectivity index (χ1) is 6.79. The van der Waals surface area contributed by atoms with E-state index in [0.717, 1.165) is 16.6 Å². The first-order valence-electron chi connectivity index (χ1n) is 4.11. The van der Waals surface area contributed by atoms with Crippen molar-refractivity contribution in [2.45, 2.75) is 0 Å². The molecule has 0 aliphatic carbocycles. The Morgan fingerprint density at radius 3 is 2.86 bits per heavy atom. The van der Waals surface area contributed by atoms with Gasteiger partial charge in [0.1, 0.15) is 6.61 Å². The van der Waals surface area contributed by atoms with Gasteiger partial charge in [0, 0.05) is 5.56 Å². The third kappa shape index (κ3) is 1.53. The average molecular weight is 188 g/mol. The lowest BCUT2D eigenvalue weighted by atomic mass is 10.2. The minimum Gasteiger partial charge on any atom is -0.384 e. The number of nitrogens with one attached hydrogen (secondary N) is 2. The molecule has 1 heterocycles. The molecular weight excluding hydrogens is 180 g/mol. The number of fused-ring (bicyclic) bond motifs is 1. The lowest BCUT2D eigenvalue weighted by Gasteiger charge is -1.90. The number of hydrogen-bond donors (Lipinski definition) is 3. The summed E-state index contributed by atoms with van der Waals surface area (Å²) in [6.45, 7) is -0.165. The van der Waals surface area contributed by atoms with Gasteiger partial charge in [-0.05, 0) is 18.2 Å². The molecule has 1 aromatic carbocycles. The van der Waals surface area contributed by atoms with E-state index in [-0.39, 0.29) is 12.3 Å². The predicted molar refractivity (Wildman–Crippen MR) is 52.9 cm³/mol. The smallest absolute Gasteiger partial charge is 0.323 e. The number of aliphatic hydroxyl groups excluding tert-OH is 1. The Hall–Kier alpha value is -1.99. The molecule has 0 fully saturated rings. The first-order valence-corrected chi connectivity index (χ1v) is 4.11. The van der Waals surface area contributed by atoms with Gasteiger partial charge in [-0.1, -0.05) is 11.8 Å². The third-order valence-electron chi connectivity index (χ3n) is 1.83. The summed E-state index contributed by atoms with van der Waals surface area (Å²) < 4.78 is 0. The maximum absolute atomic E-state index is 10.9. The van der Waals surface area contributed by atoms with Crippen LogP contribution in [0.3, 0.4) is 0 Å². The Morgan fingerprint density at radius 1 is 1.29 bits per heavy atom. The second-order valence-corrected chi connectivity index (χ2v) is 2.80. The van der Waals surface area contributed by atoms with Crippen LogP contribution in [0.25, 0.3) is 11.0 Å². The number of imidazole rings is 1. The molecule has 0 spiro atoms. The summed E-state index contributed by atoms with van der Waals surface area (Å²) in [5, 5.41) is 8.51. The van der Waals surface area contributed by atoms with E-state index in [2.05, 4.69) is 21.8 Å². The van der Waals surface area contributed by atoms with Crippen molar-refractivity contribution in [3.8, 4) is 11.8 Å². The van der Waals surface area contributed by atoms with E-state index in [9.17, 15) is 4.79 Å². The summed E-state index contributed by atoms with van der Waals surface area (Å²) >= 11 is 0. The summed E-state index contributed by atoms with van der Waals surface area (Å²) in [5.41, 5.74) is 2.01.